The standard InChI is InChI=1S/C25H31FN4O5S/c1-4-7-16-25(18-8-10-19(26)11-9-18)23(32)30(24(33)28-25)17-22(31)27-20-12-14-21(15-13-20)36(34,35)29(5-2)6-3/h8-15H,4-7,16-17H2,1-3H3,(H,27,31)(H,28,33)/t25-/m1/s1. The molecule has 0 saturated carbocycles. The van der Waals surface area contributed by atoms with E-state index in [1.165, 1.54) is 52.8 Å². The van der Waals surface area contributed by atoms with Crippen LogP contribution in [0.5, 0.6) is 0 Å². The minimum Gasteiger partial charge on any atom is -0.325 e. The fourth-order valence-electron chi connectivity index (χ4n) is 4.22. The zero-order chi connectivity index (χ0) is 26.5. The van der Waals surface area contributed by atoms with Gasteiger partial charge in [0.05, 0.1) is 4.90 Å². The van der Waals surface area contributed by atoms with Crippen molar-refractivity contribution in [3.05, 3.63) is 59.9 Å². The monoisotopic (exact) mass is 518 g/mol. The van der Waals surface area contributed by atoms with Crippen molar-refractivity contribution < 1.29 is 27.2 Å². The summed E-state index contributed by atoms with van der Waals surface area (Å²) in [4.78, 5) is 39.8. The highest BCUT2D eigenvalue weighted by atomic mass is 32.2. The van der Waals surface area contributed by atoms with Gasteiger partial charge in [-0.05, 0) is 48.4 Å². The first-order valence-electron chi connectivity index (χ1n) is 11.9. The van der Waals surface area contributed by atoms with Crippen molar-refractivity contribution in [2.75, 3.05) is 25.0 Å². The maximum Gasteiger partial charge on any atom is 0.325 e. The fraction of sp³-hybridized carbons (Fsp3) is 0.400. The van der Waals surface area contributed by atoms with E-state index < -0.39 is 45.8 Å². The number of sulfonamides is 1. The van der Waals surface area contributed by atoms with Crippen molar-refractivity contribution in [3.63, 3.8) is 0 Å². The third-order valence-corrected chi connectivity index (χ3v) is 8.27. The Kier molecular flexibility index (Phi) is 8.47. The van der Waals surface area contributed by atoms with Crippen LogP contribution in [-0.2, 0) is 25.2 Å². The predicted molar refractivity (Wildman–Crippen MR) is 133 cm³/mol. The van der Waals surface area contributed by atoms with Gasteiger partial charge in [0.25, 0.3) is 5.91 Å². The van der Waals surface area contributed by atoms with Gasteiger partial charge in [-0.25, -0.2) is 17.6 Å². The Morgan fingerprint density at radius 2 is 1.64 bits per heavy atom. The molecule has 0 bridgehead atoms. The molecule has 4 amide bonds. The average Bonchev–Trinajstić information content (AvgIpc) is 3.09. The van der Waals surface area contributed by atoms with Crippen molar-refractivity contribution >= 4 is 33.6 Å². The van der Waals surface area contributed by atoms with E-state index in [1.807, 2.05) is 6.92 Å². The number of carbonyl (C=O) groups is 3. The summed E-state index contributed by atoms with van der Waals surface area (Å²) >= 11 is 0. The summed E-state index contributed by atoms with van der Waals surface area (Å²) in [5.41, 5.74) is -0.605. The molecule has 1 heterocycles. The summed E-state index contributed by atoms with van der Waals surface area (Å²) in [6, 6.07) is 10.3. The van der Waals surface area contributed by atoms with Crippen LogP contribution >= 0.6 is 0 Å². The number of imide groups is 1. The van der Waals surface area contributed by atoms with E-state index in [-0.39, 0.29) is 4.90 Å². The van der Waals surface area contributed by atoms with Crippen molar-refractivity contribution in [2.45, 2.75) is 50.5 Å². The Morgan fingerprint density at radius 1 is 1.03 bits per heavy atom. The topological polar surface area (TPSA) is 116 Å². The zero-order valence-electron chi connectivity index (χ0n) is 20.6. The number of carbonyl (C=O) groups excluding carboxylic acids is 3. The summed E-state index contributed by atoms with van der Waals surface area (Å²) in [6.45, 7) is 5.58. The molecule has 2 aromatic carbocycles. The van der Waals surface area contributed by atoms with Crippen molar-refractivity contribution in [1.82, 2.24) is 14.5 Å². The first-order chi connectivity index (χ1) is 17.1. The molecule has 1 saturated heterocycles. The lowest BCUT2D eigenvalue weighted by molar-refractivity contribution is -0.134. The van der Waals surface area contributed by atoms with Gasteiger partial charge in [-0.15, -0.1) is 0 Å². The maximum atomic E-state index is 13.5. The number of rotatable bonds is 11. The molecule has 1 aliphatic heterocycles. The van der Waals surface area contributed by atoms with Gasteiger partial charge in [0, 0.05) is 18.8 Å². The minimum absolute atomic E-state index is 0.0957. The predicted octanol–water partition coefficient (Wildman–Crippen LogP) is 3.43. The quantitative estimate of drug-likeness (QED) is 0.442. The molecule has 1 aliphatic rings. The van der Waals surface area contributed by atoms with Gasteiger partial charge in [-0.2, -0.15) is 4.31 Å². The Labute approximate surface area is 210 Å². The Balaban J connectivity index is 1.75. The zero-order valence-corrected chi connectivity index (χ0v) is 21.4. The van der Waals surface area contributed by atoms with Gasteiger partial charge in [-0.3, -0.25) is 14.5 Å². The molecule has 3 rings (SSSR count). The van der Waals surface area contributed by atoms with Crippen LogP contribution in [-0.4, -0.2) is 55.1 Å². The van der Waals surface area contributed by atoms with E-state index >= 15 is 0 Å². The molecular formula is C25H31FN4O5S. The van der Waals surface area contributed by atoms with Crippen LogP contribution in [0.3, 0.4) is 0 Å². The molecule has 1 atom stereocenters. The molecular weight excluding hydrogens is 487 g/mol. The Hall–Kier alpha value is -3.31. The number of nitrogens with zero attached hydrogens (tertiary/aromatic N) is 2. The van der Waals surface area contributed by atoms with Crippen LogP contribution in [0.4, 0.5) is 14.9 Å². The number of hydrogen-bond donors (Lipinski definition) is 2. The summed E-state index contributed by atoms with van der Waals surface area (Å²) < 4.78 is 40.1. The maximum absolute atomic E-state index is 13.5. The lowest BCUT2D eigenvalue weighted by atomic mass is 9.85. The molecule has 11 heteroatoms. The summed E-state index contributed by atoms with van der Waals surface area (Å²) in [5, 5.41) is 5.31. The van der Waals surface area contributed by atoms with Gasteiger partial charge < -0.3 is 10.6 Å². The van der Waals surface area contributed by atoms with Crippen LogP contribution in [0, 0.1) is 5.82 Å². The molecule has 2 N–H and O–H groups in total. The van der Waals surface area contributed by atoms with E-state index in [2.05, 4.69) is 10.6 Å². The van der Waals surface area contributed by atoms with Gasteiger partial charge in [-0.1, -0.05) is 45.7 Å². The molecule has 1 fully saturated rings. The second-order valence-corrected chi connectivity index (χ2v) is 10.4. The third kappa shape index (κ3) is 5.41. The largest absolute Gasteiger partial charge is 0.325 e. The molecule has 194 valence electrons. The number of unbranched alkanes of at least 4 members (excludes halogenated alkanes) is 1. The van der Waals surface area contributed by atoms with Gasteiger partial charge in [0.15, 0.2) is 0 Å². The molecule has 0 unspecified atom stereocenters. The molecule has 0 aliphatic carbocycles. The average molecular weight is 519 g/mol. The Bertz CT molecular complexity index is 1210. The highest BCUT2D eigenvalue weighted by molar-refractivity contribution is 7.89. The number of anilines is 1. The molecule has 0 aromatic heterocycles. The van der Waals surface area contributed by atoms with Gasteiger partial charge >= 0.3 is 6.03 Å². The van der Waals surface area contributed by atoms with E-state index in [0.29, 0.717) is 37.2 Å². The molecule has 9 nitrogen and oxygen atoms in total. The summed E-state index contributed by atoms with van der Waals surface area (Å²) in [5.74, 6) is -1.67. The van der Waals surface area contributed by atoms with Crippen molar-refractivity contribution in [1.29, 1.82) is 0 Å². The van der Waals surface area contributed by atoms with Gasteiger partial charge in [0.1, 0.15) is 17.9 Å². The number of benzene rings is 2. The molecule has 36 heavy (non-hydrogen) atoms. The van der Waals surface area contributed by atoms with Crippen molar-refractivity contribution in [3.8, 4) is 0 Å². The van der Waals surface area contributed by atoms with Crippen LogP contribution in [0.15, 0.2) is 53.4 Å². The highest BCUT2D eigenvalue weighted by Gasteiger charge is 2.52. The summed E-state index contributed by atoms with van der Waals surface area (Å²) in [7, 11) is -3.64. The number of nitrogens with one attached hydrogen (secondary N) is 2. The fourth-order valence-corrected chi connectivity index (χ4v) is 5.68. The van der Waals surface area contributed by atoms with Crippen LogP contribution in [0.2, 0.25) is 0 Å². The minimum atomic E-state index is -3.64. The van der Waals surface area contributed by atoms with Crippen LogP contribution < -0.4 is 10.6 Å². The molecule has 2 aromatic rings. The lowest BCUT2D eigenvalue weighted by Crippen LogP contribution is -2.44. The first-order valence-corrected chi connectivity index (χ1v) is 13.3. The van der Waals surface area contributed by atoms with Gasteiger partial charge in [0.2, 0.25) is 15.9 Å². The SMILES string of the molecule is CCCC[C@]1(c2ccc(F)cc2)NC(=O)N(CC(=O)Nc2ccc(S(=O)(=O)N(CC)CC)cc2)C1=O. The second-order valence-electron chi connectivity index (χ2n) is 8.50. The summed E-state index contributed by atoms with van der Waals surface area (Å²) in [6.07, 6.45) is 1.71. The van der Waals surface area contributed by atoms with Crippen LogP contribution in [0.25, 0.3) is 0 Å². The second kappa shape index (κ2) is 11.2. The van der Waals surface area contributed by atoms with Crippen molar-refractivity contribution in [2.24, 2.45) is 0 Å². The number of amides is 4. The normalized spacial score (nSPS) is 18.0. The van der Waals surface area contributed by atoms with E-state index in [4.69, 9.17) is 0 Å². The highest BCUT2D eigenvalue weighted by Crippen LogP contribution is 2.34. The third-order valence-electron chi connectivity index (χ3n) is 6.20. The molecule has 0 radical (unpaired) electrons. The first kappa shape index (κ1) is 27.3. The Morgan fingerprint density at radius 3 is 2.19 bits per heavy atom. The molecule has 0 spiro atoms. The number of halogens is 1. The number of urea groups is 1. The lowest BCUT2D eigenvalue weighted by Gasteiger charge is -2.27. The van der Waals surface area contributed by atoms with E-state index in [1.54, 1.807) is 13.8 Å². The van der Waals surface area contributed by atoms with E-state index in [0.717, 1.165) is 11.3 Å². The van der Waals surface area contributed by atoms with E-state index in [9.17, 15) is 27.2 Å². The smallest absolute Gasteiger partial charge is 0.325 e. The number of hydrogen-bond acceptors (Lipinski definition) is 5. The van der Waals surface area contributed by atoms with Crippen LogP contribution in [0.1, 0.15) is 45.6 Å².